The largest absolute Gasteiger partial charge is 0.469 e. The van der Waals surface area contributed by atoms with Gasteiger partial charge in [0.2, 0.25) is 0 Å². The van der Waals surface area contributed by atoms with Crippen LogP contribution < -0.4 is 0 Å². The SMILES string of the molecule is COC(=O)CC1CN(C(=O)OC(C)(C)C)CCN1C(=O)OCc1ccccc1. The zero-order chi connectivity index (χ0) is 20.7. The minimum absolute atomic E-state index is 0.0315. The van der Waals surface area contributed by atoms with E-state index in [-0.39, 0.29) is 26.1 Å². The average molecular weight is 392 g/mol. The Labute approximate surface area is 165 Å². The molecule has 2 rings (SSSR count). The molecule has 0 aromatic heterocycles. The van der Waals surface area contributed by atoms with Crippen LogP contribution in [0.25, 0.3) is 0 Å². The number of ether oxygens (including phenoxy) is 3. The first-order chi connectivity index (χ1) is 13.2. The van der Waals surface area contributed by atoms with Crippen molar-refractivity contribution in [3.63, 3.8) is 0 Å². The van der Waals surface area contributed by atoms with Crippen LogP contribution in [-0.4, -0.2) is 66.3 Å². The molecule has 0 N–H and O–H groups in total. The summed E-state index contributed by atoms with van der Waals surface area (Å²) in [5.74, 6) is -0.461. The third kappa shape index (κ3) is 6.44. The predicted molar refractivity (Wildman–Crippen MR) is 102 cm³/mol. The Morgan fingerprint density at radius 3 is 2.36 bits per heavy atom. The number of nitrogens with zero attached hydrogens (tertiary/aromatic N) is 2. The van der Waals surface area contributed by atoms with Crippen LogP contribution in [-0.2, 0) is 25.6 Å². The summed E-state index contributed by atoms with van der Waals surface area (Å²) >= 11 is 0. The molecule has 1 heterocycles. The van der Waals surface area contributed by atoms with E-state index in [1.807, 2.05) is 30.3 Å². The lowest BCUT2D eigenvalue weighted by Gasteiger charge is -2.40. The zero-order valence-electron chi connectivity index (χ0n) is 16.8. The Balaban J connectivity index is 2.02. The van der Waals surface area contributed by atoms with Crippen LogP contribution in [0, 0.1) is 0 Å². The molecule has 0 bridgehead atoms. The molecule has 2 amide bonds. The van der Waals surface area contributed by atoms with Gasteiger partial charge in [-0.15, -0.1) is 0 Å². The second-order valence-corrected chi connectivity index (χ2v) is 7.59. The molecular formula is C20H28N2O6. The summed E-state index contributed by atoms with van der Waals surface area (Å²) < 4.78 is 15.5. The van der Waals surface area contributed by atoms with Crippen molar-refractivity contribution in [3.05, 3.63) is 35.9 Å². The van der Waals surface area contributed by atoms with Gasteiger partial charge < -0.3 is 24.0 Å². The van der Waals surface area contributed by atoms with E-state index < -0.39 is 29.8 Å². The highest BCUT2D eigenvalue weighted by Gasteiger charge is 2.36. The Hall–Kier alpha value is -2.77. The summed E-state index contributed by atoms with van der Waals surface area (Å²) in [4.78, 5) is 39.7. The van der Waals surface area contributed by atoms with E-state index in [1.54, 1.807) is 20.8 Å². The van der Waals surface area contributed by atoms with Crippen LogP contribution in [0.15, 0.2) is 30.3 Å². The van der Waals surface area contributed by atoms with Crippen molar-refractivity contribution >= 4 is 18.2 Å². The number of carbonyl (C=O) groups is 3. The van der Waals surface area contributed by atoms with E-state index in [2.05, 4.69) is 0 Å². The van der Waals surface area contributed by atoms with Gasteiger partial charge in [0.15, 0.2) is 0 Å². The summed E-state index contributed by atoms with van der Waals surface area (Å²) in [6, 6.07) is 8.79. The smallest absolute Gasteiger partial charge is 0.410 e. The second kappa shape index (κ2) is 9.43. The number of hydrogen-bond donors (Lipinski definition) is 0. The molecule has 1 atom stereocenters. The molecule has 1 aromatic rings. The van der Waals surface area contributed by atoms with Crippen molar-refractivity contribution in [2.75, 3.05) is 26.7 Å². The van der Waals surface area contributed by atoms with E-state index in [4.69, 9.17) is 14.2 Å². The molecule has 0 radical (unpaired) electrons. The highest BCUT2D eigenvalue weighted by atomic mass is 16.6. The van der Waals surface area contributed by atoms with Gasteiger partial charge in [-0.25, -0.2) is 9.59 Å². The number of hydrogen-bond acceptors (Lipinski definition) is 6. The summed E-state index contributed by atoms with van der Waals surface area (Å²) in [6.45, 7) is 6.21. The maximum absolute atomic E-state index is 12.6. The normalized spacial score (nSPS) is 17.1. The molecule has 8 nitrogen and oxygen atoms in total. The van der Waals surface area contributed by atoms with Gasteiger partial charge in [0, 0.05) is 19.6 Å². The number of methoxy groups -OCH3 is 1. The number of benzene rings is 1. The predicted octanol–water partition coefficient (Wildman–Crippen LogP) is 2.81. The lowest BCUT2D eigenvalue weighted by molar-refractivity contribution is -0.142. The first-order valence-electron chi connectivity index (χ1n) is 9.21. The fraction of sp³-hybridized carbons (Fsp3) is 0.550. The van der Waals surface area contributed by atoms with Crippen molar-refractivity contribution < 1.29 is 28.6 Å². The number of piperazine rings is 1. The average Bonchev–Trinajstić information content (AvgIpc) is 2.65. The van der Waals surface area contributed by atoms with Crippen LogP contribution >= 0.6 is 0 Å². The summed E-state index contributed by atoms with van der Waals surface area (Å²) in [5.41, 5.74) is 0.244. The lowest BCUT2D eigenvalue weighted by atomic mass is 10.1. The molecule has 1 aliphatic heterocycles. The number of rotatable bonds is 4. The van der Waals surface area contributed by atoms with Crippen molar-refractivity contribution in [1.29, 1.82) is 0 Å². The number of esters is 1. The van der Waals surface area contributed by atoms with Crippen LogP contribution in [0.1, 0.15) is 32.8 Å². The Kier molecular flexibility index (Phi) is 7.25. The summed E-state index contributed by atoms with van der Waals surface area (Å²) in [5, 5.41) is 0. The van der Waals surface area contributed by atoms with Crippen molar-refractivity contribution in [2.24, 2.45) is 0 Å². The van der Waals surface area contributed by atoms with Gasteiger partial charge >= 0.3 is 18.2 Å². The molecule has 154 valence electrons. The first kappa shape index (κ1) is 21.5. The Morgan fingerprint density at radius 1 is 1.07 bits per heavy atom. The molecule has 28 heavy (non-hydrogen) atoms. The highest BCUT2D eigenvalue weighted by Crippen LogP contribution is 2.19. The molecule has 0 saturated carbocycles. The van der Waals surface area contributed by atoms with Crippen molar-refractivity contribution in [3.8, 4) is 0 Å². The third-order valence-corrected chi connectivity index (χ3v) is 4.20. The van der Waals surface area contributed by atoms with E-state index in [9.17, 15) is 14.4 Å². The zero-order valence-corrected chi connectivity index (χ0v) is 16.8. The van der Waals surface area contributed by atoms with E-state index in [0.717, 1.165) is 5.56 Å². The molecular weight excluding hydrogens is 364 g/mol. The highest BCUT2D eigenvalue weighted by molar-refractivity contribution is 5.74. The standard InChI is InChI=1S/C20H28N2O6/c1-20(2,3)28-18(24)21-10-11-22(16(13-21)12-17(23)26-4)19(25)27-14-15-8-6-5-7-9-15/h5-9,16H,10-14H2,1-4H3. The van der Waals surface area contributed by atoms with Gasteiger partial charge in [-0.05, 0) is 26.3 Å². The second-order valence-electron chi connectivity index (χ2n) is 7.59. The molecule has 1 saturated heterocycles. The lowest BCUT2D eigenvalue weighted by Crippen LogP contribution is -2.57. The van der Waals surface area contributed by atoms with Crippen LogP contribution in [0.2, 0.25) is 0 Å². The first-order valence-corrected chi connectivity index (χ1v) is 9.21. The number of amides is 2. The number of carbonyl (C=O) groups excluding carboxylic acids is 3. The molecule has 1 aliphatic rings. The minimum atomic E-state index is -0.624. The quantitative estimate of drug-likeness (QED) is 0.579. The molecule has 1 aromatic carbocycles. The molecule has 8 heteroatoms. The Morgan fingerprint density at radius 2 is 1.75 bits per heavy atom. The van der Waals surface area contributed by atoms with Crippen LogP contribution in [0.3, 0.4) is 0 Å². The van der Waals surface area contributed by atoms with E-state index in [0.29, 0.717) is 6.54 Å². The summed E-state index contributed by atoms with van der Waals surface area (Å²) in [7, 11) is 1.29. The van der Waals surface area contributed by atoms with E-state index in [1.165, 1.54) is 16.9 Å². The monoisotopic (exact) mass is 392 g/mol. The molecule has 1 fully saturated rings. The van der Waals surface area contributed by atoms with Gasteiger partial charge in [0.05, 0.1) is 19.6 Å². The molecule has 0 spiro atoms. The molecule has 0 aliphatic carbocycles. The topological polar surface area (TPSA) is 85.4 Å². The van der Waals surface area contributed by atoms with Gasteiger partial charge in [0.1, 0.15) is 12.2 Å². The van der Waals surface area contributed by atoms with Gasteiger partial charge in [-0.1, -0.05) is 30.3 Å². The maximum atomic E-state index is 12.6. The van der Waals surface area contributed by atoms with Gasteiger partial charge in [-0.3, -0.25) is 4.79 Å². The van der Waals surface area contributed by atoms with Crippen molar-refractivity contribution in [1.82, 2.24) is 9.80 Å². The van der Waals surface area contributed by atoms with Gasteiger partial charge in [0.25, 0.3) is 0 Å². The minimum Gasteiger partial charge on any atom is -0.469 e. The van der Waals surface area contributed by atoms with Crippen LogP contribution in [0.5, 0.6) is 0 Å². The maximum Gasteiger partial charge on any atom is 0.410 e. The fourth-order valence-corrected chi connectivity index (χ4v) is 2.84. The van der Waals surface area contributed by atoms with Gasteiger partial charge in [-0.2, -0.15) is 0 Å². The van der Waals surface area contributed by atoms with E-state index >= 15 is 0 Å². The Bertz CT molecular complexity index is 686. The summed E-state index contributed by atoms with van der Waals surface area (Å²) in [6.07, 6.45) is -1.03. The van der Waals surface area contributed by atoms with Crippen LogP contribution in [0.4, 0.5) is 9.59 Å². The van der Waals surface area contributed by atoms with Crippen molar-refractivity contribution in [2.45, 2.75) is 45.4 Å². The molecule has 1 unspecified atom stereocenters. The third-order valence-electron chi connectivity index (χ3n) is 4.20. The fourth-order valence-electron chi connectivity index (χ4n) is 2.84.